The van der Waals surface area contributed by atoms with Gasteiger partial charge in [-0.1, -0.05) is 0 Å². The van der Waals surface area contributed by atoms with Crippen molar-refractivity contribution < 1.29 is 4.63 Å². The van der Waals surface area contributed by atoms with Crippen molar-refractivity contribution in [3.63, 3.8) is 0 Å². The van der Waals surface area contributed by atoms with Crippen molar-refractivity contribution in [2.45, 2.75) is 6.54 Å². The average molecular weight is 190 g/mol. The smallest absolute Gasteiger partial charge is 0.199 e. The number of nitrogens with zero attached hydrogens (tertiary/aromatic N) is 5. The second kappa shape index (κ2) is 3.18. The summed E-state index contributed by atoms with van der Waals surface area (Å²) in [5.74, 6) is 0.640. The predicted octanol–water partition coefficient (Wildman–Crippen LogP) is 0.0389. The van der Waals surface area contributed by atoms with Crippen molar-refractivity contribution in [2.75, 3.05) is 5.73 Å². The molecule has 2 rings (SSSR count). The first-order chi connectivity index (χ1) is 6.83. The van der Waals surface area contributed by atoms with Crippen LogP contribution >= 0.6 is 0 Å². The van der Waals surface area contributed by atoms with Gasteiger partial charge in [-0.3, -0.25) is 0 Å². The molecule has 0 fully saturated rings. The second-order valence-corrected chi connectivity index (χ2v) is 2.53. The van der Waals surface area contributed by atoms with Gasteiger partial charge in [0.15, 0.2) is 17.3 Å². The van der Waals surface area contributed by atoms with Crippen molar-refractivity contribution in [2.24, 2.45) is 0 Å². The second-order valence-electron chi connectivity index (χ2n) is 2.53. The Kier molecular flexibility index (Phi) is 1.87. The molecule has 0 aliphatic carbocycles. The van der Waals surface area contributed by atoms with E-state index in [2.05, 4.69) is 19.9 Å². The van der Waals surface area contributed by atoms with Gasteiger partial charge < -0.3 is 10.3 Å². The summed E-state index contributed by atoms with van der Waals surface area (Å²) in [5, 5.41) is 15.6. The Morgan fingerprint density at radius 2 is 2.43 bits per heavy atom. The number of nitrogens with two attached hydrogens (primary N) is 1. The van der Waals surface area contributed by atoms with Gasteiger partial charge in [0.1, 0.15) is 6.54 Å². The minimum absolute atomic E-state index is 0.162. The van der Waals surface area contributed by atoms with Crippen molar-refractivity contribution in [1.82, 2.24) is 19.9 Å². The van der Waals surface area contributed by atoms with E-state index in [1.165, 1.54) is 0 Å². The molecule has 0 saturated carbocycles. The molecule has 0 saturated heterocycles. The topological polar surface area (TPSA) is 107 Å². The Hall–Kier alpha value is -2.36. The lowest BCUT2D eigenvalue weighted by Gasteiger charge is -1.98. The normalized spacial score (nSPS) is 9.93. The van der Waals surface area contributed by atoms with Gasteiger partial charge in [-0.05, 0) is 10.3 Å². The van der Waals surface area contributed by atoms with E-state index in [9.17, 15) is 0 Å². The fraction of sp³-hybridized carbons (Fsp3) is 0.143. The van der Waals surface area contributed by atoms with Crippen LogP contribution in [0.4, 0.5) is 5.82 Å². The van der Waals surface area contributed by atoms with E-state index in [-0.39, 0.29) is 12.4 Å². The lowest BCUT2D eigenvalue weighted by atomic mass is 10.4. The van der Waals surface area contributed by atoms with Crippen LogP contribution in [0.3, 0.4) is 0 Å². The third-order valence-corrected chi connectivity index (χ3v) is 1.68. The number of imidazole rings is 1. The van der Waals surface area contributed by atoms with E-state index in [1.807, 2.05) is 6.07 Å². The monoisotopic (exact) mass is 190 g/mol. The molecular formula is C7H6N6O. The summed E-state index contributed by atoms with van der Waals surface area (Å²) in [6.07, 6.45) is 3.22. The van der Waals surface area contributed by atoms with Gasteiger partial charge in [0.2, 0.25) is 0 Å². The van der Waals surface area contributed by atoms with Crippen LogP contribution in [0.25, 0.3) is 11.5 Å². The Morgan fingerprint density at radius 1 is 1.57 bits per heavy atom. The molecule has 70 valence electrons. The summed E-state index contributed by atoms with van der Waals surface area (Å²) in [7, 11) is 0. The Morgan fingerprint density at radius 3 is 3.07 bits per heavy atom. The summed E-state index contributed by atoms with van der Waals surface area (Å²) >= 11 is 0. The van der Waals surface area contributed by atoms with Gasteiger partial charge in [0.05, 0.1) is 6.07 Å². The van der Waals surface area contributed by atoms with Crippen molar-refractivity contribution in [3.8, 4) is 17.6 Å². The van der Waals surface area contributed by atoms with Crippen LogP contribution in [0.1, 0.15) is 0 Å². The van der Waals surface area contributed by atoms with Gasteiger partial charge in [0, 0.05) is 12.4 Å². The van der Waals surface area contributed by atoms with E-state index < -0.39 is 0 Å². The standard InChI is InChI=1S/C7H6N6O/c8-1-3-13-4-2-10-7(13)5-6(9)12-14-11-5/h2,4H,3H2,(H2,9,12). The molecule has 2 N–H and O–H groups in total. The SMILES string of the molecule is N#CCn1ccnc1-c1nonc1N. The van der Waals surface area contributed by atoms with Crippen molar-refractivity contribution in [3.05, 3.63) is 12.4 Å². The lowest BCUT2D eigenvalue weighted by molar-refractivity contribution is 0.310. The molecule has 2 aromatic heterocycles. The molecule has 0 atom stereocenters. The number of nitrogen functional groups attached to an aromatic ring is 1. The molecule has 0 bridgehead atoms. The van der Waals surface area contributed by atoms with Crippen LogP contribution in [-0.2, 0) is 6.54 Å². The highest BCUT2D eigenvalue weighted by Crippen LogP contribution is 2.19. The van der Waals surface area contributed by atoms with Crippen LogP contribution in [0.2, 0.25) is 0 Å². The maximum atomic E-state index is 8.54. The van der Waals surface area contributed by atoms with E-state index in [0.29, 0.717) is 11.5 Å². The first kappa shape index (κ1) is 8.25. The van der Waals surface area contributed by atoms with Crippen LogP contribution in [0.15, 0.2) is 17.0 Å². The highest BCUT2D eigenvalue weighted by molar-refractivity contribution is 5.62. The summed E-state index contributed by atoms with van der Waals surface area (Å²) in [6, 6.07) is 2.00. The molecule has 0 spiro atoms. The average Bonchev–Trinajstić information content (AvgIpc) is 2.74. The first-order valence-electron chi connectivity index (χ1n) is 3.79. The fourth-order valence-corrected chi connectivity index (χ4v) is 1.08. The van der Waals surface area contributed by atoms with Crippen molar-refractivity contribution >= 4 is 5.82 Å². The number of hydrogen-bond donors (Lipinski definition) is 1. The summed E-state index contributed by atoms with van der Waals surface area (Å²) in [4.78, 5) is 4.01. The molecule has 14 heavy (non-hydrogen) atoms. The number of aromatic nitrogens is 4. The molecule has 7 nitrogen and oxygen atoms in total. The number of hydrogen-bond acceptors (Lipinski definition) is 6. The zero-order valence-electron chi connectivity index (χ0n) is 7.08. The van der Waals surface area contributed by atoms with Gasteiger partial charge >= 0.3 is 0 Å². The Balaban J connectivity index is 2.47. The zero-order chi connectivity index (χ0) is 9.97. The maximum absolute atomic E-state index is 8.54. The highest BCUT2D eigenvalue weighted by Gasteiger charge is 2.14. The van der Waals surface area contributed by atoms with Crippen LogP contribution in [-0.4, -0.2) is 19.9 Å². The van der Waals surface area contributed by atoms with Gasteiger partial charge in [-0.2, -0.15) is 5.26 Å². The van der Waals surface area contributed by atoms with Gasteiger partial charge in [-0.15, -0.1) is 0 Å². The maximum Gasteiger partial charge on any atom is 0.199 e. The third kappa shape index (κ3) is 1.19. The molecule has 2 heterocycles. The molecule has 0 radical (unpaired) electrons. The zero-order valence-corrected chi connectivity index (χ0v) is 7.08. The quantitative estimate of drug-likeness (QED) is 0.716. The number of nitriles is 1. The number of anilines is 1. The van der Waals surface area contributed by atoms with E-state index >= 15 is 0 Å². The molecule has 2 aromatic rings. The summed E-state index contributed by atoms with van der Waals surface area (Å²) in [6.45, 7) is 0.182. The lowest BCUT2D eigenvalue weighted by Crippen LogP contribution is -1.99. The molecule has 0 aliphatic heterocycles. The minimum Gasteiger partial charge on any atom is -0.379 e. The predicted molar refractivity (Wildman–Crippen MR) is 45.5 cm³/mol. The molecule has 0 amide bonds. The molecule has 0 aliphatic rings. The molecule has 0 aromatic carbocycles. The summed E-state index contributed by atoms with van der Waals surface area (Å²) in [5.41, 5.74) is 5.85. The Bertz CT molecular complexity index is 478. The van der Waals surface area contributed by atoms with Gasteiger partial charge in [-0.25, -0.2) is 9.61 Å². The van der Waals surface area contributed by atoms with E-state index in [1.54, 1.807) is 17.0 Å². The molecular weight excluding hydrogens is 184 g/mol. The fourth-order valence-electron chi connectivity index (χ4n) is 1.08. The largest absolute Gasteiger partial charge is 0.379 e. The highest BCUT2D eigenvalue weighted by atomic mass is 16.6. The molecule has 7 heteroatoms. The summed E-state index contributed by atoms with van der Waals surface area (Å²) < 4.78 is 6.05. The van der Waals surface area contributed by atoms with Crippen molar-refractivity contribution in [1.29, 1.82) is 5.26 Å². The van der Waals surface area contributed by atoms with Crippen LogP contribution in [0, 0.1) is 11.3 Å². The Labute approximate surface area is 78.7 Å². The molecule has 0 unspecified atom stereocenters. The van der Waals surface area contributed by atoms with E-state index in [0.717, 1.165) is 0 Å². The minimum atomic E-state index is 0.162. The van der Waals surface area contributed by atoms with Crippen LogP contribution in [0.5, 0.6) is 0 Å². The number of rotatable bonds is 2. The van der Waals surface area contributed by atoms with E-state index in [4.69, 9.17) is 11.0 Å². The first-order valence-corrected chi connectivity index (χ1v) is 3.79. The van der Waals surface area contributed by atoms with Crippen LogP contribution < -0.4 is 5.73 Å². The van der Waals surface area contributed by atoms with Gasteiger partial charge in [0.25, 0.3) is 0 Å². The third-order valence-electron chi connectivity index (χ3n) is 1.68.